The Bertz CT molecular complexity index is 1350. The van der Waals surface area contributed by atoms with E-state index in [2.05, 4.69) is 59.1 Å². The number of benzene rings is 2. The van der Waals surface area contributed by atoms with Crippen molar-refractivity contribution in [3.8, 4) is 23.0 Å². The number of nitrogen functional groups attached to an aromatic ring is 1. The molecule has 1 aliphatic carbocycles. The molecule has 2 aromatic heterocycles. The van der Waals surface area contributed by atoms with Gasteiger partial charge in [0, 0.05) is 23.3 Å². The minimum Gasteiger partial charge on any atom is -0.383 e. The number of aliphatic hydroxyl groups is 1. The summed E-state index contributed by atoms with van der Waals surface area (Å²) in [6, 6.07) is 18.2. The molecule has 0 saturated carbocycles. The van der Waals surface area contributed by atoms with Crippen LogP contribution in [0.15, 0.2) is 67.0 Å². The lowest BCUT2D eigenvalue weighted by Gasteiger charge is -2.15. The highest BCUT2D eigenvalue weighted by molar-refractivity contribution is 5.94. The maximum Gasteiger partial charge on any atom is 0.168 e. The Labute approximate surface area is 175 Å². The molecule has 0 amide bonds. The zero-order chi connectivity index (χ0) is 20.7. The number of pyridine rings is 2. The summed E-state index contributed by atoms with van der Waals surface area (Å²) in [4.78, 5) is 8.57. The lowest BCUT2D eigenvalue weighted by atomic mass is 9.95. The van der Waals surface area contributed by atoms with E-state index >= 15 is 0 Å². The van der Waals surface area contributed by atoms with E-state index in [-0.39, 0.29) is 0 Å². The quantitative estimate of drug-likeness (QED) is 0.473. The molecule has 1 unspecified atom stereocenters. The van der Waals surface area contributed by atoms with Crippen molar-refractivity contribution in [3.63, 3.8) is 0 Å². The summed E-state index contributed by atoms with van der Waals surface area (Å²) >= 11 is 0. The van der Waals surface area contributed by atoms with Crippen molar-refractivity contribution in [3.05, 3.63) is 89.4 Å². The molecular weight excluding hydrogens is 370 g/mol. The van der Waals surface area contributed by atoms with Gasteiger partial charge in [-0.2, -0.15) is 0 Å². The molecule has 0 bridgehead atoms. The SMILES string of the molecule is Cc1ccc(C#CC2(O)CCc3cccnc32)cc1-c1ccc2ccnc(N)c2c1. The molecule has 0 radical (unpaired) electrons. The van der Waals surface area contributed by atoms with Crippen molar-refractivity contribution >= 4 is 16.6 Å². The topological polar surface area (TPSA) is 72.0 Å². The Kier molecular flexibility index (Phi) is 4.27. The van der Waals surface area contributed by atoms with Crippen LogP contribution in [0.4, 0.5) is 5.82 Å². The highest BCUT2D eigenvalue weighted by Crippen LogP contribution is 2.35. The molecule has 3 N–H and O–H groups in total. The standard InChI is InChI=1S/C26H21N3O/c1-17-4-5-18(8-11-26(30)12-9-20-3-2-13-28-24(20)26)15-22(17)21-7-6-19-10-14-29-25(27)23(19)16-21/h2-7,10,13-16,30H,9,12H2,1H3,(H2,27,29). The molecule has 0 spiro atoms. The third-order valence-electron chi connectivity index (χ3n) is 5.80. The summed E-state index contributed by atoms with van der Waals surface area (Å²) in [5.74, 6) is 6.78. The van der Waals surface area contributed by atoms with E-state index in [1.807, 2.05) is 24.3 Å². The predicted molar refractivity (Wildman–Crippen MR) is 120 cm³/mol. The number of aryl methyl sites for hydroxylation is 2. The van der Waals surface area contributed by atoms with Crippen LogP contribution in [0.5, 0.6) is 0 Å². The van der Waals surface area contributed by atoms with E-state index in [0.717, 1.165) is 45.0 Å². The van der Waals surface area contributed by atoms with Gasteiger partial charge in [-0.25, -0.2) is 4.98 Å². The molecular formula is C26H21N3O. The van der Waals surface area contributed by atoms with Crippen molar-refractivity contribution in [1.29, 1.82) is 0 Å². The van der Waals surface area contributed by atoms with Gasteiger partial charge in [0.15, 0.2) is 5.60 Å². The largest absolute Gasteiger partial charge is 0.383 e. The second-order valence-electron chi connectivity index (χ2n) is 7.78. The monoisotopic (exact) mass is 391 g/mol. The normalized spacial score (nSPS) is 17.4. The first-order valence-corrected chi connectivity index (χ1v) is 9.99. The molecule has 30 heavy (non-hydrogen) atoms. The van der Waals surface area contributed by atoms with Gasteiger partial charge >= 0.3 is 0 Å². The van der Waals surface area contributed by atoms with Crippen molar-refractivity contribution < 1.29 is 5.11 Å². The number of nitrogens with zero attached hydrogens (tertiary/aromatic N) is 2. The van der Waals surface area contributed by atoms with Crippen LogP contribution in [0, 0.1) is 18.8 Å². The summed E-state index contributed by atoms with van der Waals surface area (Å²) in [5.41, 5.74) is 10.8. The van der Waals surface area contributed by atoms with Gasteiger partial charge in [-0.1, -0.05) is 36.1 Å². The fraction of sp³-hybridized carbons (Fsp3) is 0.154. The molecule has 1 atom stereocenters. The van der Waals surface area contributed by atoms with Gasteiger partial charge in [0.25, 0.3) is 0 Å². The van der Waals surface area contributed by atoms with Crippen LogP contribution in [-0.2, 0) is 12.0 Å². The lowest BCUT2D eigenvalue weighted by Crippen LogP contribution is -2.20. The molecule has 4 heteroatoms. The highest BCUT2D eigenvalue weighted by atomic mass is 16.3. The number of aromatic nitrogens is 2. The second-order valence-corrected chi connectivity index (χ2v) is 7.78. The van der Waals surface area contributed by atoms with Crippen molar-refractivity contribution in [1.82, 2.24) is 9.97 Å². The van der Waals surface area contributed by atoms with E-state index in [0.29, 0.717) is 17.9 Å². The number of fused-ring (bicyclic) bond motifs is 2. The molecule has 0 fully saturated rings. The fourth-order valence-corrected chi connectivity index (χ4v) is 4.11. The third-order valence-corrected chi connectivity index (χ3v) is 5.80. The van der Waals surface area contributed by atoms with Crippen LogP contribution in [0.1, 0.15) is 28.8 Å². The average molecular weight is 391 g/mol. The van der Waals surface area contributed by atoms with Gasteiger partial charge in [-0.15, -0.1) is 0 Å². The van der Waals surface area contributed by atoms with Crippen LogP contribution < -0.4 is 5.73 Å². The van der Waals surface area contributed by atoms with E-state index in [9.17, 15) is 5.11 Å². The van der Waals surface area contributed by atoms with Gasteiger partial charge in [-0.05, 0) is 77.7 Å². The van der Waals surface area contributed by atoms with Crippen molar-refractivity contribution in [2.24, 2.45) is 0 Å². The van der Waals surface area contributed by atoms with Crippen LogP contribution in [0.25, 0.3) is 21.9 Å². The number of hydrogen-bond acceptors (Lipinski definition) is 4. The lowest BCUT2D eigenvalue weighted by molar-refractivity contribution is 0.0982. The summed E-state index contributed by atoms with van der Waals surface area (Å²) in [7, 11) is 0. The summed E-state index contributed by atoms with van der Waals surface area (Å²) < 4.78 is 0. The molecule has 146 valence electrons. The first kappa shape index (κ1) is 18.4. The molecule has 4 nitrogen and oxygen atoms in total. The van der Waals surface area contributed by atoms with Crippen LogP contribution in [-0.4, -0.2) is 15.1 Å². The maximum atomic E-state index is 11.0. The summed E-state index contributed by atoms with van der Waals surface area (Å²) in [5, 5.41) is 13.0. The van der Waals surface area contributed by atoms with Crippen molar-refractivity contribution in [2.75, 3.05) is 5.73 Å². The van der Waals surface area contributed by atoms with E-state index in [1.165, 1.54) is 0 Å². The molecule has 2 heterocycles. The molecule has 2 aromatic carbocycles. The van der Waals surface area contributed by atoms with Crippen LogP contribution in [0.2, 0.25) is 0 Å². The van der Waals surface area contributed by atoms with Gasteiger partial charge in [0.2, 0.25) is 0 Å². The van der Waals surface area contributed by atoms with Gasteiger partial charge in [-0.3, -0.25) is 4.98 Å². The fourth-order valence-electron chi connectivity index (χ4n) is 4.11. The summed E-state index contributed by atoms with van der Waals surface area (Å²) in [6.45, 7) is 2.08. The first-order chi connectivity index (χ1) is 14.5. The summed E-state index contributed by atoms with van der Waals surface area (Å²) in [6.07, 6.45) is 4.79. The zero-order valence-corrected chi connectivity index (χ0v) is 16.7. The second kappa shape index (κ2) is 6.98. The van der Waals surface area contributed by atoms with E-state index < -0.39 is 5.60 Å². The van der Waals surface area contributed by atoms with Gasteiger partial charge in [0.1, 0.15) is 5.82 Å². The number of nitrogens with two attached hydrogens (primary N) is 1. The van der Waals surface area contributed by atoms with E-state index in [4.69, 9.17) is 5.73 Å². The van der Waals surface area contributed by atoms with Gasteiger partial charge < -0.3 is 10.8 Å². The smallest absolute Gasteiger partial charge is 0.168 e. The molecule has 5 rings (SSSR count). The first-order valence-electron chi connectivity index (χ1n) is 9.99. The molecule has 1 aliphatic rings. The maximum absolute atomic E-state index is 11.0. The molecule has 0 saturated heterocycles. The Hall–Kier alpha value is -3.68. The number of rotatable bonds is 1. The molecule has 0 aliphatic heterocycles. The Morgan fingerprint density at radius 2 is 1.93 bits per heavy atom. The van der Waals surface area contributed by atoms with Crippen molar-refractivity contribution in [2.45, 2.75) is 25.4 Å². The number of hydrogen-bond donors (Lipinski definition) is 2. The van der Waals surface area contributed by atoms with Crippen LogP contribution in [0.3, 0.4) is 0 Å². The predicted octanol–water partition coefficient (Wildman–Crippen LogP) is 4.37. The Balaban J connectivity index is 1.55. The average Bonchev–Trinajstić information content (AvgIpc) is 3.11. The highest BCUT2D eigenvalue weighted by Gasteiger charge is 2.36. The minimum atomic E-state index is -1.19. The third kappa shape index (κ3) is 3.10. The van der Waals surface area contributed by atoms with E-state index in [1.54, 1.807) is 12.4 Å². The Morgan fingerprint density at radius 3 is 2.83 bits per heavy atom. The molecule has 4 aromatic rings. The minimum absolute atomic E-state index is 0.526. The Morgan fingerprint density at radius 1 is 1.03 bits per heavy atom. The van der Waals surface area contributed by atoms with Gasteiger partial charge in [0.05, 0.1) is 5.69 Å². The zero-order valence-electron chi connectivity index (χ0n) is 16.7. The van der Waals surface area contributed by atoms with Crippen LogP contribution >= 0.6 is 0 Å². The number of anilines is 1.